The zero-order valence-corrected chi connectivity index (χ0v) is 21.1. The van der Waals surface area contributed by atoms with Crippen molar-refractivity contribution < 1.29 is 9.18 Å². The van der Waals surface area contributed by atoms with Crippen LogP contribution in [0.5, 0.6) is 0 Å². The van der Waals surface area contributed by atoms with Gasteiger partial charge in [-0.1, -0.05) is 0 Å². The van der Waals surface area contributed by atoms with Gasteiger partial charge in [0.1, 0.15) is 23.4 Å². The Hall–Kier alpha value is -3.26. The molecule has 0 unspecified atom stereocenters. The number of hydrogen-bond acceptors (Lipinski definition) is 5. The molecule has 1 fully saturated rings. The zero-order chi connectivity index (χ0) is 24.4. The molecule has 1 aliphatic rings. The van der Waals surface area contributed by atoms with E-state index in [0.717, 1.165) is 22.8 Å². The standard InChI is InChI=1S/C25H24FIN6O/c1-15-23(25(34)32-8-4-3-5-9-32)31-24(16-6-7-17(13-28)20(27)10-16)33(15)22-11-18(14-30-2)21(29)12-19(22)26/h6-7,10-12,14H,3-5,8-9,29H2,1-2H3. The molecule has 3 aromatic rings. The molecule has 0 atom stereocenters. The molecule has 174 valence electrons. The quantitative estimate of drug-likeness (QED) is 0.279. The van der Waals surface area contributed by atoms with Crippen molar-refractivity contribution in [3.63, 3.8) is 0 Å². The number of nitrogens with two attached hydrogens (primary N) is 1. The molecule has 1 aliphatic heterocycles. The van der Waals surface area contributed by atoms with Gasteiger partial charge in [0.2, 0.25) is 0 Å². The number of rotatable bonds is 4. The minimum atomic E-state index is -0.534. The molecule has 1 aromatic heterocycles. The summed E-state index contributed by atoms with van der Waals surface area (Å²) in [4.78, 5) is 23.9. The highest BCUT2D eigenvalue weighted by molar-refractivity contribution is 14.1. The first-order chi connectivity index (χ1) is 16.3. The first kappa shape index (κ1) is 23.9. The number of benzene rings is 2. The largest absolute Gasteiger partial charge is 0.398 e. The second-order valence-electron chi connectivity index (χ2n) is 8.18. The second kappa shape index (κ2) is 9.93. The number of carbonyl (C=O) groups excluding carboxylic acids is 1. The van der Waals surface area contributed by atoms with E-state index in [1.54, 1.807) is 43.0 Å². The van der Waals surface area contributed by atoms with Crippen LogP contribution in [0.25, 0.3) is 17.1 Å². The Morgan fingerprint density at radius 3 is 2.65 bits per heavy atom. The highest BCUT2D eigenvalue weighted by atomic mass is 127. The molecule has 2 N–H and O–H groups in total. The lowest BCUT2D eigenvalue weighted by atomic mass is 10.1. The minimum Gasteiger partial charge on any atom is -0.398 e. The van der Waals surface area contributed by atoms with E-state index in [0.29, 0.717) is 47.0 Å². The number of anilines is 1. The van der Waals surface area contributed by atoms with Crippen molar-refractivity contribution in [2.24, 2.45) is 4.99 Å². The maximum absolute atomic E-state index is 15.3. The fraction of sp³-hybridized carbons (Fsp3) is 0.280. The molecule has 2 aromatic carbocycles. The normalized spacial score (nSPS) is 13.9. The van der Waals surface area contributed by atoms with Crippen LogP contribution in [0.4, 0.5) is 10.1 Å². The summed E-state index contributed by atoms with van der Waals surface area (Å²) in [6.45, 7) is 3.14. The Morgan fingerprint density at radius 1 is 1.26 bits per heavy atom. The Bertz CT molecular complexity index is 1330. The van der Waals surface area contributed by atoms with Gasteiger partial charge < -0.3 is 10.6 Å². The van der Waals surface area contributed by atoms with E-state index in [-0.39, 0.29) is 17.3 Å². The molecule has 0 aliphatic carbocycles. The van der Waals surface area contributed by atoms with Gasteiger partial charge in [-0.05, 0) is 79.1 Å². The number of likely N-dealkylation sites (tertiary alicyclic amines) is 1. The van der Waals surface area contributed by atoms with Crippen molar-refractivity contribution in [2.45, 2.75) is 26.2 Å². The van der Waals surface area contributed by atoms with Crippen LogP contribution in [0.2, 0.25) is 0 Å². The van der Waals surface area contributed by atoms with Gasteiger partial charge in [-0.15, -0.1) is 0 Å². The maximum Gasteiger partial charge on any atom is 0.274 e. The summed E-state index contributed by atoms with van der Waals surface area (Å²) in [5, 5.41) is 9.32. The minimum absolute atomic E-state index is 0.160. The van der Waals surface area contributed by atoms with E-state index in [4.69, 9.17) is 10.7 Å². The first-order valence-electron chi connectivity index (χ1n) is 11.0. The van der Waals surface area contributed by atoms with Crippen molar-refractivity contribution in [1.82, 2.24) is 14.5 Å². The molecule has 0 radical (unpaired) electrons. The molecule has 7 nitrogen and oxygen atoms in total. The predicted octanol–water partition coefficient (Wildman–Crippen LogP) is 4.72. The number of hydrogen-bond donors (Lipinski definition) is 1. The van der Waals surface area contributed by atoms with Crippen molar-refractivity contribution in [3.8, 4) is 23.1 Å². The van der Waals surface area contributed by atoms with Gasteiger partial charge >= 0.3 is 0 Å². The number of nitrogens with zero attached hydrogens (tertiary/aromatic N) is 5. The van der Waals surface area contributed by atoms with Gasteiger partial charge in [0, 0.05) is 46.7 Å². The Labute approximate surface area is 211 Å². The predicted molar refractivity (Wildman–Crippen MR) is 139 cm³/mol. The summed E-state index contributed by atoms with van der Waals surface area (Å²) in [6, 6.07) is 10.3. The van der Waals surface area contributed by atoms with Gasteiger partial charge in [0.05, 0.1) is 16.9 Å². The molecule has 1 saturated heterocycles. The zero-order valence-electron chi connectivity index (χ0n) is 19.0. The number of aliphatic imine (C=N–C) groups is 1. The average molecular weight is 570 g/mol. The summed E-state index contributed by atoms with van der Waals surface area (Å²) in [7, 11) is 1.62. The first-order valence-corrected chi connectivity index (χ1v) is 12.0. The van der Waals surface area contributed by atoms with Crippen molar-refractivity contribution in [1.29, 1.82) is 5.26 Å². The van der Waals surface area contributed by atoms with Crippen LogP contribution in [-0.2, 0) is 0 Å². The van der Waals surface area contributed by atoms with E-state index in [1.165, 1.54) is 6.07 Å². The highest BCUT2D eigenvalue weighted by Crippen LogP contribution is 2.32. The van der Waals surface area contributed by atoms with Gasteiger partial charge in [-0.2, -0.15) is 5.26 Å². The highest BCUT2D eigenvalue weighted by Gasteiger charge is 2.27. The molecule has 9 heteroatoms. The number of halogens is 2. The van der Waals surface area contributed by atoms with E-state index in [9.17, 15) is 10.1 Å². The monoisotopic (exact) mass is 570 g/mol. The lowest BCUT2D eigenvalue weighted by Crippen LogP contribution is -2.36. The molecule has 34 heavy (non-hydrogen) atoms. The van der Waals surface area contributed by atoms with Crippen molar-refractivity contribution in [3.05, 3.63) is 62.2 Å². The number of aromatic nitrogens is 2. The summed E-state index contributed by atoms with van der Waals surface area (Å²) < 4.78 is 17.7. The second-order valence-corrected chi connectivity index (χ2v) is 9.35. The Morgan fingerprint density at radius 2 is 2.00 bits per heavy atom. The molecule has 0 saturated carbocycles. The fourth-order valence-electron chi connectivity index (χ4n) is 4.20. The number of imidazole rings is 1. The SMILES string of the molecule is CN=Cc1cc(-n2c(-c3ccc(C#N)c(I)c3)nc(C(=O)N3CCCCC3)c2C)c(F)cc1N. The third kappa shape index (κ3) is 4.42. The smallest absolute Gasteiger partial charge is 0.274 e. The lowest BCUT2D eigenvalue weighted by molar-refractivity contribution is 0.0718. The van der Waals surface area contributed by atoms with Crippen LogP contribution in [-0.4, -0.2) is 46.7 Å². The Balaban J connectivity index is 1.95. The summed E-state index contributed by atoms with van der Waals surface area (Å²) >= 11 is 2.09. The number of nitriles is 1. The number of piperidine rings is 1. The van der Waals surface area contributed by atoms with Crippen LogP contribution in [0.15, 0.2) is 35.3 Å². The number of nitrogen functional groups attached to an aromatic ring is 1. The van der Waals surface area contributed by atoms with Crippen LogP contribution in [0.1, 0.15) is 46.6 Å². The molecular formula is C25H24FIN6O. The van der Waals surface area contributed by atoms with Crippen LogP contribution < -0.4 is 5.73 Å². The fourth-order valence-corrected chi connectivity index (χ4v) is 4.84. The van der Waals surface area contributed by atoms with E-state index >= 15 is 4.39 Å². The van der Waals surface area contributed by atoms with E-state index < -0.39 is 5.82 Å². The summed E-state index contributed by atoms with van der Waals surface area (Å²) in [5.41, 5.74) is 9.08. The van der Waals surface area contributed by atoms with E-state index in [1.807, 2.05) is 11.0 Å². The van der Waals surface area contributed by atoms with Crippen LogP contribution >= 0.6 is 22.6 Å². The van der Waals surface area contributed by atoms with Crippen LogP contribution in [0, 0.1) is 27.6 Å². The topological polar surface area (TPSA) is 100 Å². The average Bonchev–Trinajstić information content (AvgIpc) is 3.17. The summed E-state index contributed by atoms with van der Waals surface area (Å²) in [5.74, 6) is -0.275. The maximum atomic E-state index is 15.3. The number of amides is 1. The lowest BCUT2D eigenvalue weighted by Gasteiger charge is -2.26. The van der Waals surface area contributed by atoms with Gasteiger partial charge in [0.25, 0.3) is 5.91 Å². The van der Waals surface area contributed by atoms with Crippen molar-refractivity contribution in [2.75, 3.05) is 25.9 Å². The number of carbonyl (C=O) groups is 1. The molecule has 0 spiro atoms. The molecule has 1 amide bonds. The van der Waals surface area contributed by atoms with Gasteiger partial charge in [0.15, 0.2) is 0 Å². The molecule has 4 rings (SSSR count). The molecular weight excluding hydrogens is 546 g/mol. The van der Waals surface area contributed by atoms with Crippen LogP contribution in [0.3, 0.4) is 0 Å². The third-order valence-electron chi connectivity index (χ3n) is 5.96. The van der Waals surface area contributed by atoms with Gasteiger partial charge in [-0.3, -0.25) is 14.4 Å². The summed E-state index contributed by atoms with van der Waals surface area (Å²) in [6.07, 6.45) is 4.58. The van der Waals surface area contributed by atoms with Gasteiger partial charge in [-0.25, -0.2) is 9.37 Å². The third-order valence-corrected chi connectivity index (χ3v) is 6.86. The molecule has 2 heterocycles. The van der Waals surface area contributed by atoms with Crippen molar-refractivity contribution >= 4 is 40.4 Å². The van der Waals surface area contributed by atoms with E-state index in [2.05, 4.69) is 33.7 Å². The Kier molecular flexibility index (Phi) is 6.97. The molecule has 0 bridgehead atoms.